The topological polar surface area (TPSA) is 86.7 Å². The number of ether oxygens (including phenoxy) is 3. The maximum Gasteiger partial charge on any atom is 0.316 e. The SMILES string of the molecule is CCOC(=O)CC(CCCCCCc1cccc(N(CC)Cc2ccc(OC)cc2)n1)c1cnc(OC)nc1. The van der Waals surface area contributed by atoms with E-state index in [9.17, 15) is 4.79 Å². The number of esters is 1. The Kier molecular flexibility index (Phi) is 12.5. The van der Waals surface area contributed by atoms with Crippen LogP contribution >= 0.6 is 0 Å². The molecule has 1 aromatic carbocycles. The smallest absolute Gasteiger partial charge is 0.316 e. The van der Waals surface area contributed by atoms with E-state index >= 15 is 0 Å². The molecule has 1 atom stereocenters. The van der Waals surface area contributed by atoms with Gasteiger partial charge in [0.15, 0.2) is 0 Å². The summed E-state index contributed by atoms with van der Waals surface area (Å²) >= 11 is 0. The van der Waals surface area contributed by atoms with Gasteiger partial charge in [-0.3, -0.25) is 4.79 Å². The normalized spacial score (nSPS) is 11.6. The number of anilines is 1. The maximum atomic E-state index is 12.2. The number of nitrogens with zero attached hydrogens (tertiary/aromatic N) is 4. The average molecular weight is 535 g/mol. The molecule has 8 heteroatoms. The molecule has 3 aromatic rings. The highest BCUT2D eigenvalue weighted by Gasteiger charge is 2.18. The van der Waals surface area contributed by atoms with Gasteiger partial charge >= 0.3 is 12.0 Å². The van der Waals surface area contributed by atoms with Gasteiger partial charge in [0.25, 0.3) is 0 Å². The molecule has 1 unspecified atom stereocenters. The van der Waals surface area contributed by atoms with E-state index in [1.165, 1.54) is 5.56 Å². The fourth-order valence-electron chi connectivity index (χ4n) is 4.59. The summed E-state index contributed by atoms with van der Waals surface area (Å²) in [6.45, 7) is 6.06. The largest absolute Gasteiger partial charge is 0.497 e. The quantitative estimate of drug-likeness (QED) is 0.151. The number of carbonyl (C=O) groups excluding carboxylic acids is 1. The molecule has 3 rings (SSSR count). The van der Waals surface area contributed by atoms with Crippen molar-refractivity contribution in [2.45, 2.75) is 71.3 Å². The van der Waals surface area contributed by atoms with Crippen molar-refractivity contribution in [3.8, 4) is 11.8 Å². The van der Waals surface area contributed by atoms with Gasteiger partial charge in [-0.05, 0) is 74.4 Å². The number of benzene rings is 1. The van der Waals surface area contributed by atoms with Gasteiger partial charge in [-0.2, -0.15) is 0 Å². The van der Waals surface area contributed by atoms with Crippen LogP contribution in [0.2, 0.25) is 0 Å². The highest BCUT2D eigenvalue weighted by Crippen LogP contribution is 2.27. The van der Waals surface area contributed by atoms with Crippen molar-refractivity contribution >= 4 is 11.8 Å². The lowest BCUT2D eigenvalue weighted by Crippen LogP contribution is -2.23. The first-order valence-corrected chi connectivity index (χ1v) is 13.9. The third kappa shape index (κ3) is 9.85. The van der Waals surface area contributed by atoms with Gasteiger partial charge in [0, 0.05) is 31.2 Å². The summed E-state index contributed by atoms with van der Waals surface area (Å²) in [5, 5.41) is 0. The molecule has 0 saturated heterocycles. The van der Waals surface area contributed by atoms with Crippen molar-refractivity contribution in [1.82, 2.24) is 15.0 Å². The Morgan fingerprint density at radius 2 is 1.67 bits per heavy atom. The standard InChI is InChI=1S/C31H42N4O4/c1-5-35(23-24-16-18-28(37-3)19-17-24)29-15-11-14-27(34-29)13-10-8-7-9-12-25(20-30(36)39-6-2)26-21-32-31(38-4)33-22-26/h11,14-19,21-22,25H,5-10,12-13,20,23H2,1-4H3. The number of aryl methyl sites for hydroxylation is 1. The Labute approximate surface area is 232 Å². The van der Waals surface area contributed by atoms with Gasteiger partial charge < -0.3 is 19.1 Å². The van der Waals surface area contributed by atoms with Crippen molar-refractivity contribution in [2.75, 3.05) is 32.3 Å². The molecule has 2 heterocycles. The third-order valence-electron chi connectivity index (χ3n) is 6.79. The van der Waals surface area contributed by atoms with E-state index in [0.29, 0.717) is 19.0 Å². The first-order chi connectivity index (χ1) is 19.1. The van der Waals surface area contributed by atoms with Gasteiger partial charge in [0.2, 0.25) is 0 Å². The number of methoxy groups -OCH3 is 2. The molecular formula is C31H42N4O4. The van der Waals surface area contributed by atoms with Crippen molar-refractivity contribution in [3.63, 3.8) is 0 Å². The van der Waals surface area contributed by atoms with Gasteiger partial charge in [-0.25, -0.2) is 15.0 Å². The minimum absolute atomic E-state index is 0.0408. The molecule has 210 valence electrons. The molecule has 0 aliphatic heterocycles. The van der Waals surface area contributed by atoms with Crippen molar-refractivity contribution in [1.29, 1.82) is 0 Å². The van der Waals surface area contributed by atoms with E-state index in [-0.39, 0.29) is 11.9 Å². The zero-order chi connectivity index (χ0) is 27.9. The lowest BCUT2D eigenvalue weighted by Gasteiger charge is -2.22. The third-order valence-corrected chi connectivity index (χ3v) is 6.79. The minimum Gasteiger partial charge on any atom is -0.497 e. The first-order valence-electron chi connectivity index (χ1n) is 13.9. The van der Waals surface area contributed by atoms with Crippen LogP contribution in [0.5, 0.6) is 11.8 Å². The molecular weight excluding hydrogens is 492 g/mol. The highest BCUT2D eigenvalue weighted by molar-refractivity contribution is 5.70. The second kappa shape index (κ2) is 16.3. The van der Waals surface area contributed by atoms with Crippen LogP contribution in [0.3, 0.4) is 0 Å². The second-order valence-electron chi connectivity index (χ2n) is 9.51. The van der Waals surface area contributed by atoms with Crippen LogP contribution in [-0.4, -0.2) is 48.3 Å². The predicted octanol–water partition coefficient (Wildman–Crippen LogP) is 6.15. The van der Waals surface area contributed by atoms with Crippen LogP contribution < -0.4 is 14.4 Å². The molecule has 2 aromatic heterocycles. The lowest BCUT2D eigenvalue weighted by molar-refractivity contribution is -0.143. The van der Waals surface area contributed by atoms with Crippen LogP contribution in [0, 0.1) is 0 Å². The highest BCUT2D eigenvalue weighted by atomic mass is 16.5. The Morgan fingerprint density at radius 1 is 0.923 bits per heavy atom. The van der Waals surface area contributed by atoms with Crippen LogP contribution in [0.15, 0.2) is 54.9 Å². The van der Waals surface area contributed by atoms with E-state index in [2.05, 4.69) is 52.1 Å². The number of unbranched alkanes of at least 4 members (excludes halogenated alkanes) is 3. The van der Waals surface area contributed by atoms with Gasteiger partial charge in [0.05, 0.1) is 27.2 Å². The number of carbonyl (C=O) groups is 1. The summed E-state index contributed by atoms with van der Waals surface area (Å²) in [6.07, 6.45) is 9.99. The second-order valence-corrected chi connectivity index (χ2v) is 9.51. The molecule has 0 N–H and O–H groups in total. The number of hydrogen-bond acceptors (Lipinski definition) is 8. The Bertz CT molecular complexity index is 1120. The first kappa shape index (κ1) is 29.9. The summed E-state index contributed by atoms with van der Waals surface area (Å²) < 4.78 is 15.5. The van der Waals surface area contributed by atoms with Crippen LogP contribution in [0.1, 0.15) is 75.1 Å². The Hall–Kier alpha value is -3.68. The van der Waals surface area contributed by atoms with E-state index < -0.39 is 0 Å². The fourth-order valence-corrected chi connectivity index (χ4v) is 4.59. The molecule has 0 spiro atoms. The van der Waals surface area contributed by atoms with Gasteiger partial charge in [0.1, 0.15) is 11.6 Å². The number of rotatable bonds is 17. The van der Waals surface area contributed by atoms with E-state index in [1.807, 2.05) is 19.1 Å². The summed E-state index contributed by atoms with van der Waals surface area (Å²) in [6, 6.07) is 14.8. The monoisotopic (exact) mass is 534 g/mol. The Balaban J connectivity index is 1.47. The van der Waals surface area contributed by atoms with Crippen molar-refractivity contribution in [2.24, 2.45) is 0 Å². The summed E-state index contributed by atoms with van der Waals surface area (Å²) in [5.41, 5.74) is 3.29. The maximum absolute atomic E-state index is 12.2. The van der Waals surface area contributed by atoms with Gasteiger partial charge in [-0.15, -0.1) is 0 Å². The Morgan fingerprint density at radius 3 is 2.33 bits per heavy atom. The molecule has 8 nitrogen and oxygen atoms in total. The molecule has 0 bridgehead atoms. The molecule has 0 saturated carbocycles. The van der Waals surface area contributed by atoms with Gasteiger partial charge in [-0.1, -0.05) is 37.5 Å². The van der Waals surface area contributed by atoms with E-state index in [4.69, 9.17) is 19.2 Å². The zero-order valence-electron chi connectivity index (χ0n) is 23.8. The average Bonchev–Trinajstić information content (AvgIpc) is 2.97. The summed E-state index contributed by atoms with van der Waals surface area (Å²) in [4.78, 5) is 27.8. The number of pyridine rings is 1. The number of aromatic nitrogens is 3. The van der Waals surface area contributed by atoms with E-state index in [1.54, 1.807) is 26.6 Å². The number of hydrogen-bond donors (Lipinski definition) is 0. The molecule has 0 aliphatic rings. The van der Waals surface area contributed by atoms with Crippen molar-refractivity contribution < 1.29 is 19.0 Å². The zero-order valence-corrected chi connectivity index (χ0v) is 23.8. The fraction of sp³-hybridized carbons (Fsp3) is 0.484. The molecule has 39 heavy (non-hydrogen) atoms. The predicted molar refractivity (Wildman–Crippen MR) is 153 cm³/mol. The molecule has 0 fully saturated rings. The lowest BCUT2D eigenvalue weighted by atomic mass is 9.92. The molecule has 0 aliphatic carbocycles. The molecule has 0 amide bonds. The summed E-state index contributed by atoms with van der Waals surface area (Å²) in [7, 11) is 3.23. The van der Waals surface area contributed by atoms with Crippen molar-refractivity contribution in [3.05, 3.63) is 71.7 Å². The van der Waals surface area contributed by atoms with Crippen LogP contribution in [0.4, 0.5) is 5.82 Å². The summed E-state index contributed by atoms with van der Waals surface area (Å²) in [5.74, 6) is 1.73. The molecule has 0 radical (unpaired) electrons. The van der Waals surface area contributed by atoms with E-state index in [0.717, 1.165) is 74.4 Å². The van der Waals surface area contributed by atoms with Crippen LogP contribution in [0.25, 0.3) is 0 Å². The minimum atomic E-state index is -0.183. The van der Waals surface area contributed by atoms with Crippen LogP contribution in [-0.2, 0) is 22.5 Å².